The number of halogens is 1. The molecule has 6 nitrogen and oxygen atoms in total. The second kappa shape index (κ2) is 7.60. The predicted molar refractivity (Wildman–Crippen MR) is 131 cm³/mol. The number of nitrogens with one attached hydrogen (secondary N) is 2. The van der Waals surface area contributed by atoms with Gasteiger partial charge in [-0.3, -0.25) is 5.10 Å². The molecule has 2 N–H and O–H groups in total. The van der Waals surface area contributed by atoms with E-state index in [4.69, 9.17) is 9.35 Å². The fourth-order valence-electron chi connectivity index (χ4n) is 5.25. The van der Waals surface area contributed by atoms with E-state index in [-0.39, 0.29) is 23.8 Å². The fraction of sp³-hybridized carbons (Fsp3) is 0.360. The zero-order valence-electron chi connectivity index (χ0n) is 18.6. The van der Waals surface area contributed by atoms with E-state index < -0.39 is 9.73 Å². The van der Waals surface area contributed by atoms with Gasteiger partial charge in [0, 0.05) is 39.9 Å². The monoisotopic (exact) mass is 463 g/mol. The number of rotatable bonds is 3. The number of fused-ring (bicyclic) bond motifs is 4. The average Bonchev–Trinajstić information content (AvgIpc) is 3.38. The molecule has 0 aliphatic carbocycles. The van der Waals surface area contributed by atoms with Gasteiger partial charge in [0.05, 0.1) is 27.1 Å². The number of benzene rings is 2. The van der Waals surface area contributed by atoms with Gasteiger partial charge in [-0.05, 0) is 54.0 Å². The van der Waals surface area contributed by atoms with Crippen molar-refractivity contribution in [2.45, 2.75) is 44.7 Å². The van der Waals surface area contributed by atoms with Crippen molar-refractivity contribution >= 4 is 37.2 Å². The topological polar surface area (TPSA) is 83.0 Å². The van der Waals surface area contributed by atoms with Crippen molar-refractivity contribution in [3.63, 3.8) is 0 Å². The van der Waals surface area contributed by atoms with Crippen LogP contribution in [0.15, 0.2) is 47.0 Å². The molecule has 8 heteroatoms. The summed E-state index contributed by atoms with van der Waals surface area (Å²) in [6, 6.07) is 11.2. The van der Waals surface area contributed by atoms with Crippen LogP contribution < -0.4 is 5.32 Å². The molecule has 2 fully saturated rings. The maximum absolute atomic E-state index is 13.9. The molecular weight excluding hydrogens is 437 g/mol. The Bertz CT molecular complexity index is 1480. The molecule has 33 heavy (non-hydrogen) atoms. The molecule has 1 unspecified atom stereocenters. The van der Waals surface area contributed by atoms with Crippen molar-refractivity contribution in [2.75, 3.05) is 11.5 Å². The molecule has 2 aliphatic rings. The van der Waals surface area contributed by atoms with Gasteiger partial charge in [0.15, 0.2) is 5.82 Å². The molecule has 0 spiro atoms. The van der Waals surface area contributed by atoms with Crippen LogP contribution in [-0.4, -0.2) is 43.0 Å². The van der Waals surface area contributed by atoms with E-state index in [2.05, 4.69) is 35.4 Å². The number of aromatic amines is 1. The Balaban J connectivity index is 1.67. The highest BCUT2D eigenvalue weighted by Gasteiger charge is 2.35. The van der Waals surface area contributed by atoms with Gasteiger partial charge >= 0.3 is 0 Å². The summed E-state index contributed by atoms with van der Waals surface area (Å²) in [7, 11) is -2.41. The highest BCUT2D eigenvalue weighted by atomic mass is 32.2. The van der Waals surface area contributed by atoms with E-state index in [1.807, 2.05) is 6.07 Å². The SMILES string of the molecule is CC(C)c1nc(N=S2(=O)C[C@H]3CC[C@@H](C2)N3)c2cc3[nH]ncc3cc2c1-c1ccc(F)cc1. The maximum Gasteiger partial charge on any atom is 0.169 e. The van der Waals surface area contributed by atoms with Crippen molar-refractivity contribution in [1.29, 1.82) is 0 Å². The molecule has 170 valence electrons. The molecule has 2 saturated heterocycles. The van der Waals surface area contributed by atoms with E-state index in [0.29, 0.717) is 17.3 Å². The highest BCUT2D eigenvalue weighted by Crippen LogP contribution is 2.41. The van der Waals surface area contributed by atoms with Gasteiger partial charge in [0.1, 0.15) is 5.82 Å². The lowest BCUT2D eigenvalue weighted by Gasteiger charge is -2.24. The zero-order chi connectivity index (χ0) is 22.7. The third kappa shape index (κ3) is 3.61. The lowest BCUT2D eigenvalue weighted by Crippen LogP contribution is -2.45. The van der Waals surface area contributed by atoms with Gasteiger partial charge in [0.2, 0.25) is 0 Å². The third-order valence-electron chi connectivity index (χ3n) is 6.76. The Kier molecular flexibility index (Phi) is 4.78. The number of H-pyrrole nitrogens is 1. The standard InChI is InChI=1S/C25H26FN5OS/c1-14(2)24-23(15-3-5-17(26)6-4-15)20-9-16-11-27-30-22(16)10-21(20)25(29-24)31-33(32)12-18-7-8-19(13-33)28-18/h3-6,9-11,14,18-19,28H,7-8,12-13H2,1-2H3,(H,27,30)/t18-,19+,33?. The summed E-state index contributed by atoms with van der Waals surface area (Å²) in [4.78, 5) is 5.01. The smallest absolute Gasteiger partial charge is 0.169 e. The molecule has 2 aliphatic heterocycles. The first-order valence-electron chi connectivity index (χ1n) is 11.4. The Morgan fingerprint density at radius 3 is 2.52 bits per heavy atom. The van der Waals surface area contributed by atoms with E-state index in [0.717, 1.165) is 51.3 Å². The van der Waals surface area contributed by atoms with Crippen molar-refractivity contribution in [3.8, 4) is 11.1 Å². The normalized spacial score (nSPS) is 24.7. The number of aromatic nitrogens is 3. The summed E-state index contributed by atoms with van der Waals surface area (Å²) in [5, 5.41) is 13.5. The van der Waals surface area contributed by atoms with E-state index in [1.54, 1.807) is 18.3 Å². The Labute approximate surface area is 192 Å². The third-order valence-corrected chi connectivity index (χ3v) is 9.11. The van der Waals surface area contributed by atoms with Crippen LogP contribution >= 0.6 is 0 Å². The van der Waals surface area contributed by atoms with Crippen molar-refractivity contribution in [1.82, 2.24) is 20.5 Å². The number of pyridine rings is 1. The van der Waals surface area contributed by atoms with Gasteiger partial charge in [-0.1, -0.05) is 26.0 Å². The van der Waals surface area contributed by atoms with Gasteiger partial charge in [-0.2, -0.15) is 9.46 Å². The van der Waals surface area contributed by atoms with Gasteiger partial charge < -0.3 is 5.32 Å². The number of hydrogen-bond acceptors (Lipinski definition) is 5. The van der Waals surface area contributed by atoms with Crippen molar-refractivity contribution in [3.05, 3.63) is 54.1 Å². The maximum atomic E-state index is 13.9. The first-order chi connectivity index (χ1) is 15.9. The van der Waals surface area contributed by atoms with Gasteiger partial charge in [0.25, 0.3) is 0 Å². The Morgan fingerprint density at radius 2 is 1.82 bits per heavy atom. The summed E-state index contributed by atoms with van der Waals surface area (Å²) in [6.45, 7) is 4.18. The minimum atomic E-state index is -2.41. The van der Waals surface area contributed by atoms with Crippen LogP contribution in [0.5, 0.6) is 0 Å². The van der Waals surface area contributed by atoms with Crippen LogP contribution in [0.25, 0.3) is 32.8 Å². The largest absolute Gasteiger partial charge is 0.309 e. The molecule has 2 aromatic heterocycles. The quantitative estimate of drug-likeness (QED) is 0.433. The van der Waals surface area contributed by atoms with Crippen LogP contribution in [-0.2, 0) is 9.73 Å². The fourth-order valence-corrected chi connectivity index (χ4v) is 7.78. The highest BCUT2D eigenvalue weighted by molar-refractivity contribution is 7.93. The first-order valence-corrected chi connectivity index (χ1v) is 13.3. The molecule has 0 radical (unpaired) electrons. The minimum Gasteiger partial charge on any atom is -0.309 e. The molecule has 0 saturated carbocycles. The van der Waals surface area contributed by atoms with Crippen molar-refractivity contribution < 1.29 is 8.60 Å². The summed E-state index contributed by atoms with van der Waals surface area (Å²) in [5.74, 6) is 1.49. The second-order valence-electron chi connectivity index (χ2n) is 9.55. The van der Waals surface area contributed by atoms with Gasteiger partial charge in [-0.25, -0.2) is 13.6 Å². The second-order valence-corrected chi connectivity index (χ2v) is 11.9. The summed E-state index contributed by atoms with van der Waals surface area (Å²) < 4.78 is 32.4. The van der Waals surface area contributed by atoms with Crippen LogP contribution in [0.2, 0.25) is 0 Å². The van der Waals surface area contributed by atoms with Crippen LogP contribution in [0.1, 0.15) is 38.3 Å². The van der Waals surface area contributed by atoms with Crippen molar-refractivity contribution in [2.24, 2.45) is 4.36 Å². The summed E-state index contributed by atoms with van der Waals surface area (Å²) in [5.41, 5.74) is 3.61. The summed E-state index contributed by atoms with van der Waals surface area (Å²) in [6.07, 6.45) is 3.90. The lowest BCUT2D eigenvalue weighted by molar-refractivity contribution is 0.564. The molecule has 3 atom stereocenters. The molecule has 4 aromatic rings. The van der Waals surface area contributed by atoms with Gasteiger partial charge in [-0.15, -0.1) is 0 Å². The molecule has 2 bridgehead atoms. The zero-order valence-corrected chi connectivity index (χ0v) is 19.5. The lowest BCUT2D eigenvalue weighted by atomic mass is 9.92. The minimum absolute atomic E-state index is 0.102. The van der Waals surface area contributed by atoms with Crippen LogP contribution in [0.3, 0.4) is 0 Å². The molecule has 4 heterocycles. The summed E-state index contributed by atoms with van der Waals surface area (Å²) >= 11 is 0. The predicted octanol–water partition coefficient (Wildman–Crippen LogP) is 5.27. The number of hydrogen-bond donors (Lipinski definition) is 2. The van der Waals surface area contributed by atoms with E-state index in [1.165, 1.54) is 12.1 Å². The van der Waals surface area contributed by atoms with Crippen LogP contribution in [0, 0.1) is 5.82 Å². The van der Waals surface area contributed by atoms with E-state index >= 15 is 0 Å². The molecular formula is C25H26FN5OS. The Hall–Kier alpha value is -2.84. The Morgan fingerprint density at radius 1 is 1.09 bits per heavy atom. The first kappa shape index (κ1) is 20.7. The van der Waals surface area contributed by atoms with E-state index in [9.17, 15) is 8.60 Å². The average molecular weight is 464 g/mol. The number of nitrogens with zero attached hydrogens (tertiary/aromatic N) is 3. The molecule has 6 rings (SSSR count). The molecule has 0 amide bonds. The van der Waals surface area contributed by atoms with Crippen LogP contribution in [0.4, 0.5) is 10.2 Å². The molecule has 2 aromatic carbocycles.